The highest BCUT2D eigenvalue weighted by Gasteiger charge is 2.17. The third kappa shape index (κ3) is 4.43. The number of carbonyl (C=O) groups excluding carboxylic acids is 2. The molecule has 1 aromatic heterocycles. The van der Waals surface area contributed by atoms with Crippen LogP contribution in [0.3, 0.4) is 0 Å². The molecule has 0 radical (unpaired) electrons. The third-order valence-corrected chi connectivity index (χ3v) is 4.77. The average molecular weight is 381 g/mol. The summed E-state index contributed by atoms with van der Waals surface area (Å²) in [7, 11) is 0. The van der Waals surface area contributed by atoms with Gasteiger partial charge in [-0.25, -0.2) is 0 Å². The molecule has 2 aromatic rings. The van der Waals surface area contributed by atoms with Gasteiger partial charge in [-0.15, -0.1) is 11.3 Å². The highest BCUT2D eigenvalue weighted by molar-refractivity contribution is 7.18. The minimum atomic E-state index is -0.176. The number of benzene rings is 1. The maximum atomic E-state index is 12.1. The van der Waals surface area contributed by atoms with Gasteiger partial charge in [-0.1, -0.05) is 11.6 Å². The van der Waals surface area contributed by atoms with E-state index in [4.69, 9.17) is 21.1 Å². The first-order valence-corrected chi connectivity index (χ1v) is 8.96. The van der Waals surface area contributed by atoms with Gasteiger partial charge in [-0.3, -0.25) is 9.59 Å². The van der Waals surface area contributed by atoms with Crippen LogP contribution in [0.1, 0.15) is 22.2 Å². The van der Waals surface area contributed by atoms with Gasteiger partial charge in [0.25, 0.3) is 5.91 Å². The second-order valence-electron chi connectivity index (χ2n) is 5.45. The molecule has 2 heterocycles. The smallest absolute Gasteiger partial charge is 0.261 e. The minimum Gasteiger partial charge on any atom is -0.486 e. The topological polar surface area (TPSA) is 76.7 Å². The Morgan fingerprint density at radius 2 is 2.04 bits per heavy atom. The van der Waals surface area contributed by atoms with E-state index in [1.165, 1.54) is 18.3 Å². The Morgan fingerprint density at radius 1 is 1.24 bits per heavy atom. The first-order chi connectivity index (χ1) is 12.0. The van der Waals surface area contributed by atoms with Crippen molar-refractivity contribution < 1.29 is 19.1 Å². The number of thiophene rings is 1. The SMILES string of the molecule is CC(=O)Nc1ccc(C(=O)NCCc2cc(Cl)c3c(c2)OCCO3)s1. The molecule has 2 amide bonds. The van der Waals surface area contributed by atoms with Crippen LogP contribution in [0.15, 0.2) is 24.3 Å². The molecule has 0 saturated carbocycles. The van der Waals surface area contributed by atoms with Crippen molar-refractivity contribution in [3.8, 4) is 11.5 Å². The van der Waals surface area contributed by atoms with Gasteiger partial charge in [-0.2, -0.15) is 0 Å². The molecule has 2 N–H and O–H groups in total. The van der Waals surface area contributed by atoms with Crippen molar-refractivity contribution in [1.82, 2.24) is 5.32 Å². The molecular formula is C17H17ClN2O4S. The Labute approximate surface area is 154 Å². The number of amides is 2. The second-order valence-corrected chi connectivity index (χ2v) is 6.94. The molecule has 1 aliphatic heterocycles. The molecule has 0 fully saturated rings. The number of carbonyl (C=O) groups is 2. The van der Waals surface area contributed by atoms with Crippen molar-refractivity contribution in [3.63, 3.8) is 0 Å². The van der Waals surface area contributed by atoms with E-state index in [0.717, 1.165) is 5.56 Å². The number of hydrogen-bond acceptors (Lipinski definition) is 5. The molecule has 0 spiro atoms. The van der Waals surface area contributed by atoms with Gasteiger partial charge < -0.3 is 20.1 Å². The van der Waals surface area contributed by atoms with Gasteiger partial charge in [0.15, 0.2) is 11.5 Å². The first-order valence-electron chi connectivity index (χ1n) is 7.76. The monoisotopic (exact) mass is 380 g/mol. The van der Waals surface area contributed by atoms with E-state index in [9.17, 15) is 9.59 Å². The summed E-state index contributed by atoms with van der Waals surface area (Å²) in [5, 5.41) is 6.67. The summed E-state index contributed by atoms with van der Waals surface area (Å²) in [6.07, 6.45) is 0.617. The molecule has 132 valence electrons. The fourth-order valence-corrected chi connectivity index (χ4v) is 3.57. The van der Waals surface area contributed by atoms with Gasteiger partial charge in [0.2, 0.25) is 5.91 Å². The molecule has 8 heteroatoms. The number of halogens is 1. The van der Waals surface area contributed by atoms with Crippen LogP contribution in [-0.4, -0.2) is 31.6 Å². The summed E-state index contributed by atoms with van der Waals surface area (Å²) >= 11 is 7.44. The van der Waals surface area contributed by atoms with E-state index in [-0.39, 0.29) is 11.8 Å². The number of ether oxygens (including phenoxy) is 2. The van der Waals surface area contributed by atoms with E-state index in [0.29, 0.717) is 52.6 Å². The maximum absolute atomic E-state index is 12.1. The summed E-state index contributed by atoms with van der Waals surface area (Å²) in [4.78, 5) is 23.7. The fourth-order valence-electron chi connectivity index (χ4n) is 2.42. The average Bonchev–Trinajstić information content (AvgIpc) is 3.02. The van der Waals surface area contributed by atoms with E-state index < -0.39 is 0 Å². The number of hydrogen-bond donors (Lipinski definition) is 2. The maximum Gasteiger partial charge on any atom is 0.261 e. The van der Waals surface area contributed by atoms with Crippen LogP contribution in [0.4, 0.5) is 5.00 Å². The van der Waals surface area contributed by atoms with E-state index >= 15 is 0 Å². The largest absolute Gasteiger partial charge is 0.486 e. The Hall–Kier alpha value is -2.25. The lowest BCUT2D eigenvalue weighted by Crippen LogP contribution is -2.25. The van der Waals surface area contributed by atoms with Crippen molar-refractivity contribution in [2.45, 2.75) is 13.3 Å². The Kier molecular flexibility index (Phi) is 5.45. The Morgan fingerprint density at radius 3 is 2.84 bits per heavy atom. The lowest BCUT2D eigenvalue weighted by Gasteiger charge is -2.20. The van der Waals surface area contributed by atoms with Crippen molar-refractivity contribution in [2.75, 3.05) is 25.1 Å². The van der Waals surface area contributed by atoms with Crippen LogP contribution in [-0.2, 0) is 11.2 Å². The number of nitrogens with one attached hydrogen (secondary N) is 2. The second kappa shape index (κ2) is 7.76. The van der Waals surface area contributed by atoms with Crippen molar-refractivity contribution in [1.29, 1.82) is 0 Å². The number of fused-ring (bicyclic) bond motifs is 1. The lowest BCUT2D eigenvalue weighted by molar-refractivity contribution is -0.114. The molecule has 3 rings (SSSR count). The van der Waals surface area contributed by atoms with Gasteiger partial charge in [0, 0.05) is 13.5 Å². The zero-order valence-corrected chi connectivity index (χ0v) is 15.1. The van der Waals surface area contributed by atoms with Crippen LogP contribution >= 0.6 is 22.9 Å². The van der Waals surface area contributed by atoms with Gasteiger partial charge >= 0.3 is 0 Å². The predicted octanol–water partition coefficient (Wildman–Crippen LogP) is 3.10. The zero-order chi connectivity index (χ0) is 17.8. The van der Waals surface area contributed by atoms with Crippen molar-refractivity contribution in [3.05, 3.63) is 39.7 Å². The van der Waals surface area contributed by atoms with Gasteiger partial charge in [0.05, 0.1) is 14.9 Å². The molecule has 0 saturated heterocycles. The molecule has 25 heavy (non-hydrogen) atoms. The van der Waals surface area contributed by atoms with Crippen molar-refractivity contribution in [2.24, 2.45) is 0 Å². The minimum absolute atomic E-state index is 0.163. The summed E-state index contributed by atoms with van der Waals surface area (Å²) < 4.78 is 11.0. The van der Waals surface area contributed by atoms with Crippen LogP contribution in [0.5, 0.6) is 11.5 Å². The van der Waals surface area contributed by atoms with E-state index in [2.05, 4.69) is 10.6 Å². The number of rotatable bonds is 5. The van der Waals surface area contributed by atoms with Gasteiger partial charge in [0.1, 0.15) is 13.2 Å². The van der Waals surface area contributed by atoms with Gasteiger partial charge in [-0.05, 0) is 36.2 Å². The predicted molar refractivity (Wildman–Crippen MR) is 97.1 cm³/mol. The summed E-state index contributed by atoms with van der Waals surface area (Å²) in [5.41, 5.74) is 0.958. The number of anilines is 1. The molecule has 6 nitrogen and oxygen atoms in total. The fraction of sp³-hybridized carbons (Fsp3) is 0.294. The van der Waals surface area contributed by atoms with E-state index in [1.807, 2.05) is 12.1 Å². The quantitative estimate of drug-likeness (QED) is 0.835. The molecular weight excluding hydrogens is 364 g/mol. The summed E-state index contributed by atoms with van der Waals surface area (Å²) in [6, 6.07) is 7.10. The normalized spacial score (nSPS) is 12.6. The molecule has 1 aliphatic rings. The summed E-state index contributed by atoms with van der Waals surface area (Å²) in [6.45, 7) is 2.88. The Bertz CT molecular complexity index is 806. The third-order valence-electron chi connectivity index (χ3n) is 3.48. The standard InChI is InChI=1S/C17H17ClN2O4S/c1-10(21)20-15-3-2-14(25-15)17(22)19-5-4-11-8-12(18)16-13(9-11)23-6-7-24-16/h2-3,8-9H,4-7H2,1H3,(H,19,22)(H,20,21). The highest BCUT2D eigenvalue weighted by atomic mass is 35.5. The Balaban J connectivity index is 1.56. The molecule has 0 aliphatic carbocycles. The lowest BCUT2D eigenvalue weighted by atomic mass is 10.1. The molecule has 0 unspecified atom stereocenters. The van der Waals surface area contributed by atoms with Crippen LogP contribution in [0.25, 0.3) is 0 Å². The zero-order valence-electron chi connectivity index (χ0n) is 13.6. The summed E-state index contributed by atoms with van der Waals surface area (Å²) in [5.74, 6) is 0.873. The van der Waals surface area contributed by atoms with Crippen molar-refractivity contribution >= 4 is 39.8 Å². The first kappa shape index (κ1) is 17.6. The molecule has 1 aromatic carbocycles. The highest BCUT2D eigenvalue weighted by Crippen LogP contribution is 2.38. The van der Waals surface area contributed by atoms with Crippen LogP contribution in [0, 0.1) is 0 Å². The molecule has 0 bridgehead atoms. The van der Waals surface area contributed by atoms with E-state index in [1.54, 1.807) is 12.1 Å². The van der Waals surface area contributed by atoms with Crippen LogP contribution < -0.4 is 20.1 Å². The van der Waals surface area contributed by atoms with Crippen LogP contribution in [0.2, 0.25) is 5.02 Å². The molecule has 0 atom stereocenters.